The Morgan fingerprint density at radius 1 is 1.24 bits per heavy atom. The number of carbonyl (C=O) groups excluding carboxylic acids is 1. The zero-order valence-corrected chi connectivity index (χ0v) is 12.3. The van der Waals surface area contributed by atoms with Crippen LogP contribution < -0.4 is 11.1 Å². The highest BCUT2D eigenvalue weighted by Crippen LogP contribution is 2.18. The second kappa shape index (κ2) is 7.20. The Morgan fingerprint density at radius 2 is 1.95 bits per heavy atom. The van der Waals surface area contributed by atoms with E-state index in [0.29, 0.717) is 13.0 Å². The van der Waals surface area contributed by atoms with Gasteiger partial charge in [-0.15, -0.1) is 0 Å². The average Bonchev–Trinajstić information content (AvgIpc) is 2.53. The molecule has 1 amide bonds. The lowest BCUT2D eigenvalue weighted by Crippen LogP contribution is -2.46. The van der Waals surface area contributed by atoms with Crippen LogP contribution in [0.15, 0.2) is 42.5 Å². The van der Waals surface area contributed by atoms with Crippen LogP contribution in [0.1, 0.15) is 18.9 Å². The standard InChI is InChI=1S/C17H22N2O2/c1-2-15(18)16(20)17(21)19-11-10-13-8-5-7-12-6-3-4-9-14(12)13/h3-9,15-16,20H,2,10-11,18H2,1H3,(H,19,21)/t15-,16-/m0/s1. The molecule has 0 aliphatic rings. The van der Waals surface area contributed by atoms with E-state index in [1.54, 1.807) is 0 Å². The minimum Gasteiger partial charge on any atom is -0.382 e. The van der Waals surface area contributed by atoms with Crippen molar-refractivity contribution in [3.63, 3.8) is 0 Å². The number of carbonyl (C=O) groups is 1. The van der Waals surface area contributed by atoms with Crippen molar-refractivity contribution >= 4 is 16.7 Å². The summed E-state index contributed by atoms with van der Waals surface area (Å²) in [5.41, 5.74) is 6.85. The first-order valence-corrected chi connectivity index (χ1v) is 7.31. The summed E-state index contributed by atoms with van der Waals surface area (Å²) in [6.07, 6.45) is 0.154. The largest absolute Gasteiger partial charge is 0.382 e. The molecule has 0 fully saturated rings. The number of rotatable bonds is 6. The highest BCUT2D eigenvalue weighted by Gasteiger charge is 2.20. The minimum atomic E-state index is -1.14. The molecular weight excluding hydrogens is 264 g/mol. The number of aliphatic hydroxyl groups is 1. The molecule has 0 heterocycles. The maximum atomic E-state index is 11.8. The Morgan fingerprint density at radius 3 is 2.71 bits per heavy atom. The Bertz CT molecular complexity index is 607. The fourth-order valence-corrected chi connectivity index (χ4v) is 2.35. The molecular formula is C17H22N2O2. The molecule has 4 nitrogen and oxygen atoms in total. The second-order valence-corrected chi connectivity index (χ2v) is 5.20. The van der Waals surface area contributed by atoms with Crippen LogP contribution in [-0.2, 0) is 11.2 Å². The van der Waals surface area contributed by atoms with Crippen LogP contribution in [0, 0.1) is 0 Å². The fourth-order valence-electron chi connectivity index (χ4n) is 2.35. The monoisotopic (exact) mass is 286 g/mol. The number of benzene rings is 2. The SMILES string of the molecule is CC[C@H](N)[C@H](O)C(=O)NCCc1cccc2ccccc12. The smallest absolute Gasteiger partial charge is 0.250 e. The molecule has 0 radical (unpaired) electrons. The van der Waals surface area contributed by atoms with Crippen LogP contribution in [0.5, 0.6) is 0 Å². The van der Waals surface area contributed by atoms with Gasteiger partial charge in [0.1, 0.15) is 6.10 Å². The third-order valence-electron chi connectivity index (χ3n) is 3.72. The molecule has 112 valence electrons. The van der Waals surface area contributed by atoms with Crippen molar-refractivity contribution in [3.05, 3.63) is 48.0 Å². The summed E-state index contributed by atoms with van der Waals surface area (Å²) in [6, 6.07) is 13.8. The molecule has 21 heavy (non-hydrogen) atoms. The highest BCUT2D eigenvalue weighted by molar-refractivity contribution is 5.86. The summed E-state index contributed by atoms with van der Waals surface area (Å²) in [4.78, 5) is 11.8. The van der Waals surface area contributed by atoms with Gasteiger partial charge < -0.3 is 16.2 Å². The number of aliphatic hydroxyl groups excluding tert-OH is 1. The second-order valence-electron chi connectivity index (χ2n) is 5.20. The van der Waals surface area contributed by atoms with Crippen molar-refractivity contribution in [2.24, 2.45) is 5.73 Å². The van der Waals surface area contributed by atoms with Gasteiger partial charge in [-0.3, -0.25) is 4.79 Å². The average molecular weight is 286 g/mol. The summed E-state index contributed by atoms with van der Waals surface area (Å²) in [5, 5.41) is 14.8. The molecule has 2 rings (SSSR count). The van der Waals surface area contributed by atoms with Crippen molar-refractivity contribution in [2.45, 2.75) is 31.9 Å². The lowest BCUT2D eigenvalue weighted by molar-refractivity contribution is -0.130. The van der Waals surface area contributed by atoms with Gasteiger partial charge in [0.25, 0.3) is 0 Å². The lowest BCUT2D eigenvalue weighted by Gasteiger charge is -2.16. The van der Waals surface area contributed by atoms with Crippen molar-refractivity contribution in [3.8, 4) is 0 Å². The fraction of sp³-hybridized carbons (Fsp3) is 0.353. The van der Waals surface area contributed by atoms with Gasteiger partial charge in [0.15, 0.2) is 0 Å². The summed E-state index contributed by atoms with van der Waals surface area (Å²) in [5.74, 6) is -0.399. The molecule has 0 saturated carbocycles. The molecule has 2 aromatic carbocycles. The third kappa shape index (κ3) is 3.80. The Kier molecular flexibility index (Phi) is 5.31. The van der Waals surface area contributed by atoms with Gasteiger partial charge in [0, 0.05) is 12.6 Å². The van der Waals surface area contributed by atoms with Gasteiger partial charge >= 0.3 is 0 Å². The van der Waals surface area contributed by atoms with Crippen molar-refractivity contribution < 1.29 is 9.90 Å². The normalized spacial score (nSPS) is 13.9. The summed E-state index contributed by atoms with van der Waals surface area (Å²) in [6.45, 7) is 2.33. The van der Waals surface area contributed by atoms with Gasteiger partial charge in [-0.1, -0.05) is 49.4 Å². The summed E-state index contributed by atoms with van der Waals surface area (Å²) >= 11 is 0. The molecule has 2 aromatic rings. The maximum absolute atomic E-state index is 11.8. The van der Waals surface area contributed by atoms with Crippen molar-refractivity contribution in [2.75, 3.05) is 6.54 Å². The number of amides is 1. The van der Waals surface area contributed by atoms with Gasteiger partial charge in [-0.2, -0.15) is 0 Å². The molecule has 0 spiro atoms. The predicted molar refractivity (Wildman–Crippen MR) is 84.9 cm³/mol. The van der Waals surface area contributed by atoms with E-state index in [9.17, 15) is 9.90 Å². The topological polar surface area (TPSA) is 75.3 Å². The van der Waals surface area contributed by atoms with E-state index in [-0.39, 0.29) is 0 Å². The first-order valence-electron chi connectivity index (χ1n) is 7.31. The third-order valence-corrected chi connectivity index (χ3v) is 3.72. The molecule has 0 aliphatic carbocycles. The highest BCUT2D eigenvalue weighted by atomic mass is 16.3. The molecule has 0 aliphatic heterocycles. The van der Waals surface area contributed by atoms with Crippen LogP contribution in [0.25, 0.3) is 10.8 Å². The predicted octanol–water partition coefficient (Wildman–Crippen LogP) is 1.60. The van der Waals surface area contributed by atoms with E-state index in [1.807, 2.05) is 25.1 Å². The minimum absolute atomic E-state index is 0.399. The van der Waals surface area contributed by atoms with E-state index in [4.69, 9.17) is 5.73 Å². The van der Waals surface area contributed by atoms with E-state index < -0.39 is 18.1 Å². The Labute approximate surface area is 125 Å². The zero-order valence-electron chi connectivity index (χ0n) is 12.3. The van der Waals surface area contributed by atoms with Crippen molar-refractivity contribution in [1.29, 1.82) is 0 Å². The summed E-state index contributed by atoms with van der Waals surface area (Å²) in [7, 11) is 0. The quantitative estimate of drug-likeness (QED) is 0.755. The lowest BCUT2D eigenvalue weighted by atomic mass is 10.0. The number of hydrogen-bond acceptors (Lipinski definition) is 3. The van der Waals surface area contributed by atoms with Gasteiger partial charge in [-0.05, 0) is 29.2 Å². The van der Waals surface area contributed by atoms with Crippen LogP contribution in [0.2, 0.25) is 0 Å². The van der Waals surface area contributed by atoms with Gasteiger partial charge in [0.05, 0.1) is 0 Å². The maximum Gasteiger partial charge on any atom is 0.250 e. The molecule has 4 heteroatoms. The van der Waals surface area contributed by atoms with Crippen LogP contribution >= 0.6 is 0 Å². The first kappa shape index (κ1) is 15.5. The van der Waals surface area contributed by atoms with Gasteiger partial charge in [-0.25, -0.2) is 0 Å². The molecule has 0 saturated heterocycles. The van der Waals surface area contributed by atoms with E-state index in [0.717, 1.165) is 6.42 Å². The first-order chi connectivity index (χ1) is 10.1. The number of hydrogen-bond donors (Lipinski definition) is 3. The molecule has 4 N–H and O–H groups in total. The molecule has 0 bridgehead atoms. The number of nitrogens with one attached hydrogen (secondary N) is 1. The Hall–Kier alpha value is -1.91. The van der Waals surface area contributed by atoms with E-state index in [2.05, 4.69) is 29.6 Å². The molecule has 0 unspecified atom stereocenters. The van der Waals surface area contributed by atoms with E-state index >= 15 is 0 Å². The number of nitrogens with two attached hydrogens (primary N) is 1. The number of fused-ring (bicyclic) bond motifs is 1. The molecule has 2 atom stereocenters. The van der Waals surface area contributed by atoms with E-state index in [1.165, 1.54) is 16.3 Å². The summed E-state index contributed by atoms with van der Waals surface area (Å²) < 4.78 is 0. The Balaban J connectivity index is 1.95. The van der Waals surface area contributed by atoms with Crippen LogP contribution in [-0.4, -0.2) is 29.7 Å². The zero-order chi connectivity index (χ0) is 15.2. The van der Waals surface area contributed by atoms with Gasteiger partial charge in [0.2, 0.25) is 5.91 Å². The van der Waals surface area contributed by atoms with Crippen LogP contribution in [0.4, 0.5) is 0 Å². The van der Waals surface area contributed by atoms with Crippen molar-refractivity contribution in [1.82, 2.24) is 5.32 Å². The van der Waals surface area contributed by atoms with Crippen LogP contribution in [0.3, 0.4) is 0 Å². The molecule has 0 aromatic heterocycles.